The highest BCUT2D eigenvalue weighted by molar-refractivity contribution is 5.93. The van der Waals surface area contributed by atoms with Crippen LogP contribution in [0.2, 0.25) is 0 Å². The highest BCUT2D eigenvalue weighted by Gasteiger charge is 2.19. The van der Waals surface area contributed by atoms with Crippen LogP contribution in [0.15, 0.2) is 36.5 Å². The van der Waals surface area contributed by atoms with Gasteiger partial charge >= 0.3 is 6.09 Å². The Kier molecular flexibility index (Phi) is 8.36. The number of rotatable bonds is 7. The molecular weight excluding hydrogens is 450 g/mol. The lowest BCUT2D eigenvalue weighted by atomic mass is 9.92. The number of hydrogen-bond donors (Lipinski definition) is 1. The van der Waals surface area contributed by atoms with Crippen molar-refractivity contribution in [2.45, 2.75) is 52.4 Å². The number of hydrogen-bond acceptors (Lipinski definition) is 6. The van der Waals surface area contributed by atoms with Gasteiger partial charge in [-0.05, 0) is 63.6 Å². The summed E-state index contributed by atoms with van der Waals surface area (Å²) < 4.78 is 5.52. The molecule has 0 saturated carbocycles. The molecule has 0 aliphatic heterocycles. The second-order valence-corrected chi connectivity index (χ2v) is 8.66. The van der Waals surface area contributed by atoms with Crippen molar-refractivity contribution in [3.05, 3.63) is 59.0 Å². The van der Waals surface area contributed by atoms with Crippen LogP contribution in [0.5, 0.6) is 5.75 Å². The van der Waals surface area contributed by atoms with Crippen molar-refractivity contribution in [2.24, 2.45) is 0 Å². The summed E-state index contributed by atoms with van der Waals surface area (Å²) in [6, 6.07) is 12.0. The summed E-state index contributed by atoms with van der Waals surface area (Å²) in [5.41, 5.74) is 5.37. The Morgan fingerprint density at radius 2 is 1.97 bits per heavy atom. The van der Waals surface area contributed by atoms with Gasteiger partial charge in [0.2, 0.25) is 0 Å². The summed E-state index contributed by atoms with van der Waals surface area (Å²) in [7, 11) is 0. The van der Waals surface area contributed by atoms with Gasteiger partial charge in [0.1, 0.15) is 6.07 Å². The van der Waals surface area contributed by atoms with Crippen LogP contribution in [-0.2, 0) is 12.8 Å². The monoisotopic (exact) mass is 481 g/mol. The SMILES string of the molecule is CCN(CC)C(=O)Oc1c(C#CCCCNc2c3c(nc4ccccc24)CCCC3)ccnc1C#N. The number of aromatic nitrogens is 2. The van der Waals surface area contributed by atoms with E-state index in [9.17, 15) is 10.1 Å². The predicted octanol–water partition coefficient (Wildman–Crippen LogP) is 5.46. The van der Waals surface area contributed by atoms with E-state index in [-0.39, 0.29) is 11.4 Å². The molecule has 36 heavy (non-hydrogen) atoms. The van der Waals surface area contributed by atoms with Gasteiger partial charge in [-0.25, -0.2) is 9.78 Å². The van der Waals surface area contributed by atoms with Crippen LogP contribution in [-0.4, -0.2) is 40.6 Å². The topological polar surface area (TPSA) is 91.1 Å². The van der Waals surface area contributed by atoms with E-state index in [1.807, 2.05) is 26.0 Å². The smallest absolute Gasteiger partial charge is 0.406 e. The number of fused-ring (bicyclic) bond motifs is 2. The van der Waals surface area contributed by atoms with E-state index >= 15 is 0 Å². The van der Waals surface area contributed by atoms with Crippen LogP contribution in [0.25, 0.3) is 10.9 Å². The predicted molar refractivity (Wildman–Crippen MR) is 141 cm³/mol. The maximum atomic E-state index is 12.4. The molecule has 7 heteroatoms. The zero-order chi connectivity index (χ0) is 25.3. The first-order valence-electron chi connectivity index (χ1n) is 12.6. The van der Waals surface area contributed by atoms with Crippen molar-refractivity contribution >= 4 is 22.7 Å². The summed E-state index contributed by atoms with van der Waals surface area (Å²) in [5.74, 6) is 6.36. The minimum absolute atomic E-state index is 0.0540. The molecule has 0 unspecified atom stereocenters. The third-order valence-corrected chi connectivity index (χ3v) is 6.39. The molecule has 0 spiro atoms. The van der Waals surface area contributed by atoms with E-state index in [4.69, 9.17) is 9.72 Å². The van der Waals surface area contributed by atoms with Crippen molar-refractivity contribution < 1.29 is 9.53 Å². The molecular formula is C29H31N5O2. The fourth-order valence-electron chi connectivity index (χ4n) is 4.49. The number of nitriles is 1. The van der Waals surface area contributed by atoms with Crippen molar-refractivity contribution in [3.63, 3.8) is 0 Å². The molecule has 1 aromatic carbocycles. The van der Waals surface area contributed by atoms with Crippen LogP contribution >= 0.6 is 0 Å². The molecule has 1 aliphatic carbocycles. The van der Waals surface area contributed by atoms with Gasteiger partial charge in [-0.15, -0.1) is 0 Å². The van der Waals surface area contributed by atoms with Gasteiger partial charge < -0.3 is 15.0 Å². The molecule has 0 bridgehead atoms. The Balaban J connectivity index is 1.43. The third kappa shape index (κ3) is 5.58. The van der Waals surface area contributed by atoms with E-state index in [0.717, 1.165) is 31.3 Å². The Labute approximate surface area is 212 Å². The molecule has 2 aromatic heterocycles. The number of unbranched alkanes of at least 4 members (excludes halogenated alkanes) is 1. The fourth-order valence-corrected chi connectivity index (χ4v) is 4.49. The quantitative estimate of drug-likeness (QED) is 0.356. The van der Waals surface area contributed by atoms with Gasteiger partial charge in [-0.3, -0.25) is 4.98 Å². The van der Waals surface area contributed by atoms with Gasteiger partial charge in [0.25, 0.3) is 0 Å². The molecule has 0 saturated heterocycles. The number of carbonyl (C=O) groups excluding carboxylic acids is 1. The summed E-state index contributed by atoms with van der Waals surface area (Å²) in [6.45, 7) is 5.57. The largest absolute Gasteiger partial charge is 0.415 e. The molecule has 7 nitrogen and oxygen atoms in total. The number of nitrogens with zero attached hydrogens (tertiary/aromatic N) is 4. The zero-order valence-corrected chi connectivity index (χ0v) is 20.9. The van der Waals surface area contributed by atoms with E-state index in [0.29, 0.717) is 25.1 Å². The second-order valence-electron chi connectivity index (χ2n) is 8.66. The molecule has 0 radical (unpaired) electrons. The van der Waals surface area contributed by atoms with Crippen LogP contribution < -0.4 is 10.1 Å². The number of benzene rings is 1. The first-order valence-corrected chi connectivity index (χ1v) is 12.6. The highest BCUT2D eigenvalue weighted by atomic mass is 16.6. The van der Waals surface area contributed by atoms with Crippen LogP contribution in [0.1, 0.15) is 62.0 Å². The number of nitrogens with one attached hydrogen (secondary N) is 1. The Morgan fingerprint density at radius 3 is 2.78 bits per heavy atom. The van der Waals surface area contributed by atoms with E-state index in [1.165, 1.54) is 41.4 Å². The van der Waals surface area contributed by atoms with E-state index in [2.05, 4.69) is 40.3 Å². The summed E-state index contributed by atoms with van der Waals surface area (Å²) in [5, 5.41) is 14.3. The molecule has 1 aliphatic rings. The van der Waals surface area contributed by atoms with Crippen molar-refractivity contribution in [1.29, 1.82) is 5.26 Å². The van der Waals surface area contributed by atoms with Gasteiger partial charge in [0.05, 0.1) is 11.1 Å². The van der Waals surface area contributed by atoms with Crippen LogP contribution in [0, 0.1) is 23.2 Å². The third-order valence-electron chi connectivity index (χ3n) is 6.39. The molecule has 0 atom stereocenters. The minimum atomic E-state index is -0.510. The lowest BCUT2D eigenvalue weighted by Crippen LogP contribution is -2.33. The molecule has 2 heterocycles. The number of amides is 1. The van der Waals surface area contributed by atoms with Crippen molar-refractivity contribution in [2.75, 3.05) is 25.0 Å². The first kappa shape index (κ1) is 25.0. The normalized spacial score (nSPS) is 12.1. The molecule has 1 N–H and O–H groups in total. The lowest BCUT2D eigenvalue weighted by Gasteiger charge is -2.21. The van der Waals surface area contributed by atoms with Crippen LogP contribution in [0.3, 0.4) is 0 Å². The van der Waals surface area contributed by atoms with Crippen molar-refractivity contribution in [1.82, 2.24) is 14.9 Å². The lowest BCUT2D eigenvalue weighted by molar-refractivity contribution is 0.157. The summed E-state index contributed by atoms with van der Waals surface area (Å²) in [6.07, 6.45) is 7.01. The van der Waals surface area contributed by atoms with Gasteiger partial charge in [0, 0.05) is 49.0 Å². The first-order chi connectivity index (χ1) is 17.7. The molecule has 0 fully saturated rings. The van der Waals surface area contributed by atoms with Gasteiger partial charge in [0.15, 0.2) is 11.4 Å². The van der Waals surface area contributed by atoms with Gasteiger partial charge in [-0.2, -0.15) is 5.26 Å². The minimum Gasteiger partial charge on any atom is -0.406 e. The number of pyridine rings is 2. The fraction of sp³-hybridized carbons (Fsp3) is 0.379. The average Bonchev–Trinajstić information content (AvgIpc) is 2.91. The molecule has 4 rings (SSSR count). The number of anilines is 1. The van der Waals surface area contributed by atoms with Gasteiger partial charge in [-0.1, -0.05) is 30.0 Å². The van der Waals surface area contributed by atoms with Crippen molar-refractivity contribution in [3.8, 4) is 23.7 Å². The number of para-hydroxylation sites is 1. The van der Waals surface area contributed by atoms with Crippen LogP contribution in [0.4, 0.5) is 10.5 Å². The van der Waals surface area contributed by atoms with E-state index in [1.54, 1.807) is 11.0 Å². The Hall–Kier alpha value is -4.10. The average molecular weight is 482 g/mol. The molecule has 1 amide bonds. The van der Waals surface area contributed by atoms with E-state index < -0.39 is 6.09 Å². The summed E-state index contributed by atoms with van der Waals surface area (Å²) >= 11 is 0. The maximum Gasteiger partial charge on any atom is 0.415 e. The maximum absolute atomic E-state index is 12.4. The molecule has 184 valence electrons. The highest BCUT2D eigenvalue weighted by Crippen LogP contribution is 2.33. The number of carbonyl (C=O) groups is 1. The second kappa shape index (κ2) is 12.0. The Bertz CT molecular complexity index is 1350. The summed E-state index contributed by atoms with van der Waals surface area (Å²) in [4.78, 5) is 22.9. The Morgan fingerprint density at radius 1 is 1.17 bits per heavy atom. The number of ether oxygens (including phenoxy) is 1. The standard InChI is InChI=1S/C29H31N5O2/c1-3-34(4-2)29(35)36-28-21(17-19-31-26(28)20-30)12-6-5-11-18-32-27-22-13-7-9-15-24(22)33-25-16-10-8-14-23(25)27/h7,9,13,15,17,19H,3-5,8,10-11,14,16,18H2,1-2H3,(H,32,33). The zero-order valence-electron chi connectivity index (χ0n) is 20.9. The number of aryl methyl sites for hydroxylation is 1. The molecule has 3 aromatic rings.